The van der Waals surface area contributed by atoms with Crippen molar-refractivity contribution in [2.75, 3.05) is 13.1 Å². The van der Waals surface area contributed by atoms with Gasteiger partial charge < -0.3 is 5.73 Å². The highest BCUT2D eigenvalue weighted by Crippen LogP contribution is 2.35. The number of rotatable bonds is 3. The molecule has 1 aliphatic heterocycles. The van der Waals surface area contributed by atoms with E-state index in [1.54, 1.807) is 11.3 Å². The van der Waals surface area contributed by atoms with Gasteiger partial charge in [-0.2, -0.15) is 0 Å². The van der Waals surface area contributed by atoms with E-state index < -0.39 is 0 Å². The van der Waals surface area contributed by atoms with Gasteiger partial charge in [-0.05, 0) is 47.3 Å². The van der Waals surface area contributed by atoms with Crippen LogP contribution in [0, 0.1) is 5.92 Å². The molecule has 0 radical (unpaired) electrons. The summed E-state index contributed by atoms with van der Waals surface area (Å²) in [6, 6.07) is 5.37. The van der Waals surface area contributed by atoms with Crippen LogP contribution < -0.4 is 5.73 Å². The Hall–Kier alpha value is 0.1000. The molecule has 3 unspecified atom stereocenters. The molecule has 0 aliphatic carbocycles. The molecule has 2 rings (SSSR count). The highest BCUT2D eigenvalue weighted by molar-refractivity contribution is 9.11. The first-order chi connectivity index (χ1) is 7.61. The number of hydrogen-bond acceptors (Lipinski definition) is 3. The number of nitrogens with two attached hydrogens (primary N) is 1. The second-order valence-corrected chi connectivity index (χ2v) is 7.27. The SMILES string of the molecule is CC1CC(C)N(C(CN)c2ccc(Br)s2)C1. The molecule has 0 bridgehead atoms. The van der Waals surface area contributed by atoms with Crippen molar-refractivity contribution < 1.29 is 0 Å². The summed E-state index contributed by atoms with van der Waals surface area (Å²) in [4.78, 5) is 3.94. The zero-order valence-electron chi connectivity index (χ0n) is 9.82. The average molecular weight is 303 g/mol. The smallest absolute Gasteiger partial charge is 0.0702 e. The number of likely N-dealkylation sites (tertiary alicyclic amines) is 1. The Labute approximate surface area is 110 Å². The number of thiophene rings is 1. The third-order valence-electron chi connectivity index (χ3n) is 3.38. The molecule has 3 atom stereocenters. The Morgan fingerprint density at radius 2 is 2.31 bits per heavy atom. The molecule has 0 spiro atoms. The van der Waals surface area contributed by atoms with Crippen LogP contribution in [0.15, 0.2) is 15.9 Å². The number of halogens is 1. The van der Waals surface area contributed by atoms with Gasteiger partial charge in [0.25, 0.3) is 0 Å². The molecular formula is C12H19BrN2S. The summed E-state index contributed by atoms with van der Waals surface area (Å²) in [7, 11) is 0. The average Bonchev–Trinajstić information content (AvgIpc) is 2.76. The van der Waals surface area contributed by atoms with Crippen LogP contribution in [0.1, 0.15) is 31.2 Å². The van der Waals surface area contributed by atoms with Crippen molar-refractivity contribution in [3.05, 3.63) is 20.8 Å². The van der Waals surface area contributed by atoms with E-state index in [9.17, 15) is 0 Å². The van der Waals surface area contributed by atoms with Crippen molar-refractivity contribution >= 4 is 27.3 Å². The van der Waals surface area contributed by atoms with E-state index in [1.165, 1.54) is 21.6 Å². The fourth-order valence-electron chi connectivity index (χ4n) is 2.69. The van der Waals surface area contributed by atoms with Gasteiger partial charge in [0, 0.05) is 24.0 Å². The van der Waals surface area contributed by atoms with E-state index in [0.29, 0.717) is 18.6 Å². The molecule has 4 heteroatoms. The summed E-state index contributed by atoms with van der Waals surface area (Å²) in [6.07, 6.45) is 1.29. The first-order valence-corrected chi connectivity index (χ1v) is 7.43. The summed E-state index contributed by atoms with van der Waals surface area (Å²) in [5, 5.41) is 0. The first kappa shape index (κ1) is 12.6. The van der Waals surface area contributed by atoms with Crippen LogP contribution in [-0.4, -0.2) is 24.0 Å². The normalized spacial score (nSPS) is 28.5. The molecule has 2 heterocycles. The maximum Gasteiger partial charge on any atom is 0.0702 e. The van der Waals surface area contributed by atoms with Gasteiger partial charge in [-0.1, -0.05) is 6.92 Å². The Morgan fingerprint density at radius 3 is 2.75 bits per heavy atom. The van der Waals surface area contributed by atoms with Crippen molar-refractivity contribution in [3.8, 4) is 0 Å². The van der Waals surface area contributed by atoms with E-state index in [0.717, 1.165) is 5.92 Å². The predicted octanol–water partition coefficient (Wildman–Crippen LogP) is 3.24. The zero-order chi connectivity index (χ0) is 11.7. The molecule has 2 nitrogen and oxygen atoms in total. The summed E-state index contributed by atoms with van der Waals surface area (Å²) >= 11 is 5.33. The molecule has 90 valence electrons. The van der Waals surface area contributed by atoms with Crippen molar-refractivity contribution in [2.24, 2.45) is 11.7 Å². The fourth-order valence-corrected chi connectivity index (χ4v) is 4.25. The summed E-state index contributed by atoms with van der Waals surface area (Å²) in [5.74, 6) is 0.799. The molecule has 2 N–H and O–H groups in total. The largest absolute Gasteiger partial charge is 0.329 e. The fraction of sp³-hybridized carbons (Fsp3) is 0.667. The van der Waals surface area contributed by atoms with E-state index >= 15 is 0 Å². The highest BCUT2D eigenvalue weighted by Gasteiger charge is 2.32. The Morgan fingerprint density at radius 1 is 1.56 bits per heavy atom. The monoisotopic (exact) mass is 302 g/mol. The molecule has 0 amide bonds. The zero-order valence-corrected chi connectivity index (χ0v) is 12.2. The lowest BCUT2D eigenvalue weighted by Crippen LogP contribution is -2.35. The highest BCUT2D eigenvalue weighted by atomic mass is 79.9. The van der Waals surface area contributed by atoms with Crippen LogP contribution in [0.25, 0.3) is 0 Å². The molecule has 1 aromatic rings. The van der Waals surface area contributed by atoms with Gasteiger partial charge in [0.1, 0.15) is 0 Å². The summed E-state index contributed by atoms with van der Waals surface area (Å²) < 4.78 is 1.20. The van der Waals surface area contributed by atoms with E-state index in [4.69, 9.17) is 5.73 Å². The summed E-state index contributed by atoms with van der Waals surface area (Å²) in [6.45, 7) is 6.53. The van der Waals surface area contributed by atoms with Crippen LogP contribution >= 0.6 is 27.3 Å². The number of nitrogens with zero attached hydrogens (tertiary/aromatic N) is 1. The van der Waals surface area contributed by atoms with Crippen LogP contribution in [0.3, 0.4) is 0 Å². The molecule has 1 aromatic heterocycles. The lowest BCUT2D eigenvalue weighted by atomic mass is 10.1. The third kappa shape index (κ3) is 2.50. The molecule has 0 aromatic carbocycles. The molecule has 16 heavy (non-hydrogen) atoms. The summed E-state index contributed by atoms with van der Waals surface area (Å²) in [5.41, 5.74) is 5.95. The third-order valence-corrected chi connectivity index (χ3v) is 5.10. The minimum absolute atomic E-state index is 0.399. The number of hydrogen-bond donors (Lipinski definition) is 1. The molecule has 1 aliphatic rings. The van der Waals surface area contributed by atoms with Crippen LogP contribution in [-0.2, 0) is 0 Å². The van der Waals surface area contributed by atoms with Gasteiger partial charge in [-0.15, -0.1) is 11.3 Å². The van der Waals surface area contributed by atoms with Gasteiger partial charge in [0.15, 0.2) is 0 Å². The molecular weight excluding hydrogens is 284 g/mol. The van der Waals surface area contributed by atoms with Crippen molar-refractivity contribution in [1.29, 1.82) is 0 Å². The lowest BCUT2D eigenvalue weighted by molar-refractivity contribution is 0.195. The minimum Gasteiger partial charge on any atom is -0.329 e. The van der Waals surface area contributed by atoms with E-state index in [1.807, 2.05) is 0 Å². The Balaban J connectivity index is 2.16. The second-order valence-electron chi connectivity index (χ2n) is 4.78. The van der Waals surface area contributed by atoms with Crippen LogP contribution in [0.5, 0.6) is 0 Å². The molecule has 1 fully saturated rings. The minimum atomic E-state index is 0.399. The maximum atomic E-state index is 5.95. The second kappa shape index (κ2) is 5.17. The van der Waals surface area contributed by atoms with Crippen LogP contribution in [0.4, 0.5) is 0 Å². The van der Waals surface area contributed by atoms with Gasteiger partial charge in [-0.3, -0.25) is 4.90 Å². The standard InChI is InChI=1S/C12H19BrN2S/c1-8-5-9(2)15(7-8)10(6-14)11-3-4-12(13)16-11/h3-4,8-10H,5-7,14H2,1-2H3. The van der Waals surface area contributed by atoms with E-state index in [-0.39, 0.29) is 0 Å². The quantitative estimate of drug-likeness (QED) is 0.929. The van der Waals surface area contributed by atoms with Crippen molar-refractivity contribution in [2.45, 2.75) is 32.4 Å². The Kier molecular flexibility index (Phi) is 4.06. The van der Waals surface area contributed by atoms with Gasteiger partial charge in [0.05, 0.1) is 9.83 Å². The van der Waals surface area contributed by atoms with Gasteiger partial charge in [-0.25, -0.2) is 0 Å². The Bertz CT molecular complexity index is 353. The van der Waals surface area contributed by atoms with E-state index in [2.05, 4.69) is 46.8 Å². The van der Waals surface area contributed by atoms with Crippen molar-refractivity contribution in [3.63, 3.8) is 0 Å². The molecule has 1 saturated heterocycles. The topological polar surface area (TPSA) is 29.3 Å². The maximum absolute atomic E-state index is 5.95. The van der Waals surface area contributed by atoms with Gasteiger partial charge in [0.2, 0.25) is 0 Å². The van der Waals surface area contributed by atoms with Gasteiger partial charge >= 0.3 is 0 Å². The first-order valence-electron chi connectivity index (χ1n) is 5.83. The molecule has 0 saturated carbocycles. The lowest BCUT2D eigenvalue weighted by Gasteiger charge is -2.29. The predicted molar refractivity (Wildman–Crippen MR) is 73.8 cm³/mol. The van der Waals surface area contributed by atoms with Crippen molar-refractivity contribution in [1.82, 2.24) is 4.90 Å². The van der Waals surface area contributed by atoms with Crippen LogP contribution in [0.2, 0.25) is 0 Å².